The molecule has 6 heteroatoms. The molecular formula is C20H22BrClN2O2. The van der Waals surface area contributed by atoms with Crippen molar-refractivity contribution >= 4 is 34.0 Å². The summed E-state index contributed by atoms with van der Waals surface area (Å²) in [6, 6.07) is 14.6. The van der Waals surface area contributed by atoms with Crippen LogP contribution in [0.25, 0.3) is 0 Å². The second-order valence-corrected chi connectivity index (χ2v) is 8.15. The van der Waals surface area contributed by atoms with Crippen LogP contribution in [0.15, 0.2) is 46.9 Å². The average molecular weight is 438 g/mol. The smallest absolute Gasteiger partial charge is 0.272 e. The summed E-state index contributed by atoms with van der Waals surface area (Å²) in [4.78, 5) is 13.8. The van der Waals surface area contributed by atoms with E-state index in [0.29, 0.717) is 17.6 Å². The van der Waals surface area contributed by atoms with Crippen LogP contribution < -0.4 is 0 Å². The van der Waals surface area contributed by atoms with Crippen LogP contribution in [-0.4, -0.2) is 22.4 Å². The summed E-state index contributed by atoms with van der Waals surface area (Å²) in [6.07, 6.45) is 4.10. The summed E-state index contributed by atoms with van der Waals surface area (Å²) in [5.74, 6) is 0.503. The number of hydrogen-bond donors (Lipinski definition) is 0. The number of hydrogen-bond acceptors (Lipinski definition) is 3. The number of nitrogens with zero attached hydrogens (tertiary/aromatic N) is 2. The number of fused-ring (bicyclic) bond motifs is 2. The number of halogens is 2. The first-order valence-corrected chi connectivity index (χ1v) is 9.63. The molecule has 2 bridgehead atoms. The second kappa shape index (κ2) is 8.07. The van der Waals surface area contributed by atoms with Gasteiger partial charge in [0.25, 0.3) is 5.69 Å². The Balaban J connectivity index is 0.00000196. The predicted molar refractivity (Wildman–Crippen MR) is 109 cm³/mol. The number of rotatable bonds is 3. The normalized spacial score (nSPS) is 22.0. The van der Waals surface area contributed by atoms with Crippen LogP contribution in [0.4, 0.5) is 5.69 Å². The Labute approximate surface area is 168 Å². The van der Waals surface area contributed by atoms with Crippen molar-refractivity contribution in [2.45, 2.75) is 38.3 Å². The highest BCUT2D eigenvalue weighted by molar-refractivity contribution is 9.10. The van der Waals surface area contributed by atoms with Gasteiger partial charge in [-0.2, -0.15) is 0 Å². The lowest BCUT2D eigenvalue weighted by Crippen LogP contribution is -2.46. The fraction of sp³-hybridized carbons (Fsp3) is 0.400. The molecule has 26 heavy (non-hydrogen) atoms. The molecule has 0 aromatic heterocycles. The minimum absolute atomic E-state index is 0. The van der Waals surface area contributed by atoms with E-state index >= 15 is 0 Å². The zero-order valence-electron chi connectivity index (χ0n) is 14.4. The molecule has 138 valence electrons. The molecule has 2 aliphatic heterocycles. The first-order chi connectivity index (χ1) is 12.1. The molecule has 0 saturated carbocycles. The van der Waals surface area contributed by atoms with E-state index in [1.165, 1.54) is 24.0 Å². The zero-order chi connectivity index (χ0) is 17.4. The lowest BCUT2D eigenvalue weighted by molar-refractivity contribution is -0.385. The van der Waals surface area contributed by atoms with Gasteiger partial charge in [-0.15, -0.1) is 12.4 Å². The molecule has 4 nitrogen and oxygen atoms in total. The minimum atomic E-state index is -0.215. The molecule has 2 aromatic rings. The Bertz CT molecular complexity index is 814. The van der Waals surface area contributed by atoms with Crippen molar-refractivity contribution in [3.8, 4) is 0 Å². The van der Waals surface area contributed by atoms with Gasteiger partial charge >= 0.3 is 0 Å². The van der Waals surface area contributed by atoms with Gasteiger partial charge in [-0.05, 0) is 54.9 Å². The summed E-state index contributed by atoms with van der Waals surface area (Å²) >= 11 is 3.56. The van der Waals surface area contributed by atoms with Crippen LogP contribution in [-0.2, 0) is 19.4 Å². The van der Waals surface area contributed by atoms with Gasteiger partial charge in [-0.3, -0.25) is 15.0 Å². The van der Waals surface area contributed by atoms with Crippen LogP contribution in [0.3, 0.4) is 0 Å². The van der Waals surface area contributed by atoms with Crippen LogP contribution in [0.1, 0.15) is 29.5 Å². The Kier molecular flexibility index (Phi) is 6.00. The molecule has 1 aliphatic carbocycles. The fourth-order valence-electron chi connectivity index (χ4n) is 4.41. The van der Waals surface area contributed by atoms with Crippen molar-refractivity contribution in [1.29, 1.82) is 0 Å². The summed E-state index contributed by atoms with van der Waals surface area (Å²) in [5.41, 5.74) is 3.77. The van der Waals surface area contributed by atoms with Crippen LogP contribution in [0.2, 0.25) is 0 Å². The third-order valence-corrected chi connectivity index (χ3v) is 6.08. The fourth-order valence-corrected chi connectivity index (χ4v) is 4.85. The van der Waals surface area contributed by atoms with Crippen LogP contribution in [0, 0.1) is 16.0 Å². The maximum absolute atomic E-state index is 11.4. The standard InChI is InChI=1S/C20H21BrN2O2.ClH/c21-17-5-1-3-14(9-17)12-22-13-15-7-8-18(22)11-16-4-2-6-20(23(24)25)19(16)10-15;/h1-6,9,15,18H,7-8,10-13H2;1H. The van der Waals surface area contributed by atoms with Gasteiger partial charge in [0.1, 0.15) is 0 Å². The molecule has 0 amide bonds. The van der Waals surface area contributed by atoms with E-state index in [-0.39, 0.29) is 17.3 Å². The molecule has 3 aliphatic rings. The summed E-state index contributed by atoms with van der Waals surface area (Å²) in [6.45, 7) is 1.98. The first kappa shape index (κ1) is 19.3. The van der Waals surface area contributed by atoms with Gasteiger partial charge < -0.3 is 0 Å². The van der Waals surface area contributed by atoms with E-state index in [4.69, 9.17) is 0 Å². The van der Waals surface area contributed by atoms with Crippen LogP contribution in [0.5, 0.6) is 0 Å². The molecule has 0 radical (unpaired) electrons. The van der Waals surface area contributed by atoms with Gasteiger partial charge in [0.15, 0.2) is 0 Å². The van der Waals surface area contributed by atoms with E-state index in [1.807, 2.05) is 6.07 Å². The maximum atomic E-state index is 11.4. The quantitative estimate of drug-likeness (QED) is 0.492. The predicted octanol–water partition coefficient (Wildman–Crippen LogP) is 5.16. The van der Waals surface area contributed by atoms with E-state index in [2.05, 4.69) is 51.2 Å². The van der Waals surface area contributed by atoms with Gasteiger partial charge in [0.2, 0.25) is 0 Å². The first-order valence-electron chi connectivity index (χ1n) is 8.84. The Hall–Kier alpha value is -1.43. The van der Waals surface area contributed by atoms with Crippen molar-refractivity contribution in [3.63, 3.8) is 0 Å². The summed E-state index contributed by atoms with van der Waals surface area (Å²) < 4.78 is 1.11. The van der Waals surface area contributed by atoms with E-state index in [9.17, 15) is 10.1 Å². The largest absolute Gasteiger partial charge is 0.296 e. The van der Waals surface area contributed by atoms with Crippen molar-refractivity contribution in [2.24, 2.45) is 5.92 Å². The van der Waals surface area contributed by atoms with Crippen molar-refractivity contribution in [2.75, 3.05) is 6.54 Å². The maximum Gasteiger partial charge on any atom is 0.272 e. The molecule has 0 N–H and O–H groups in total. The van der Waals surface area contributed by atoms with Gasteiger partial charge in [-0.25, -0.2) is 0 Å². The average Bonchev–Trinajstić information content (AvgIpc) is 2.55. The molecular weight excluding hydrogens is 416 g/mol. The highest BCUT2D eigenvalue weighted by Crippen LogP contribution is 2.36. The van der Waals surface area contributed by atoms with Gasteiger partial charge in [0.05, 0.1) is 4.92 Å². The molecule has 0 spiro atoms. The second-order valence-electron chi connectivity index (χ2n) is 7.24. The molecule has 2 atom stereocenters. The molecule has 1 fully saturated rings. The Morgan fingerprint density at radius 3 is 2.73 bits per heavy atom. The van der Waals surface area contributed by atoms with Crippen molar-refractivity contribution in [1.82, 2.24) is 4.90 Å². The SMILES string of the molecule is Cl.O=[N+]([O-])c1cccc2c1CC1CCC(C2)N(Cc2cccc(Br)c2)C1. The molecule has 2 unspecified atom stereocenters. The zero-order valence-corrected chi connectivity index (χ0v) is 16.8. The topological polar surface area (TPSA) is 46.4 Å². The molecule has 2 aromatic carbocycles. The van der Waals surface area contributed by atoms with Crippen LogP contribution >= 0.6 is 28.3 Å². The summed E-state index contributed by atoms with van der Waals surface area (Å²) in [7, 11) is 0. The Morgan fingerprint density at radius 2 is 1.96 bits per heavy atom. The molecule has 2 heterocycles. The molecule has 5 rings (SSSR count). The minimum Gasteiger partial charge on any atom is -0.296 e. The summed E-state index contributed by atoms with van der Waals surface area (Å²) in [5, 5.41) is 11.4. The number of benzene rings is 2. The third-order valence-electron chi connectivity index (χ3n) is 5.59. The number of nitro benzene ring substituents is 1. The monoisotopic (exact) mass is 436 g/mol. The third kappa shape index (κ3) is 3.95. The van der Waals surface area contributed by atoms with E-state index in [0.717, 1.165) is 36.0 Å². The molecule has 1 saturated heterocycles. The highest BCUT2D eigenvalue weighted by Gasteiger charge is 2.34. The lowest BCUT2D eigenvalue weighted by atomic mass is 9.79. The Morgan fingerprint density at radius 1 is 1.15 bits per heavy atom. The number of nitro groups is 1. The van der Waals surface area contributed by atoms with E-state index in [1.54, 1.807) is 6.07 Å². The van der Waals surface area contributed by atoms with Gasteiger partial charge in [-0.1, -0.05) is 40.2 Å². The van der Waals surface area contributed by atoms with Gasteiger partial charge in [0, 0.05) is 35.2 Å². The van der Waals surface area contributed by atoms with E-state index < -0.39 is 0 Å². The van der Waals surface area contributed by atoms with Crippen molar-refractivity contribution < 1.29 is 4.92 Å². The number of piperidine rings is 1. The lowest BCUT2D eigenvalue weighted by Gasteiger charge is -2.42. The highest BCUT2D eigenvalue weighted by atomic mass is 79.9. The van der Waals surface area contributed by atoms with Crippen molar-refractivity contribution in [3.05, 3.63) is 73.7 Å².